The van der Waals surface area contributed by atoms with Crippen LogP contribution in [0.4, 0.5) is 5.69 Å². The van der Waals surface area contributed by atoms with E-state index in [2.05, 4.69) is 0 Å². The molecular formula is C17H18ClN3O3. The van der Waals surface area contributed by atoms with Crippen LogP contribution >= 0.6 is 11.6 Å². The number of hydrogen-bond acceptors (Lipinski definition) is 4. The molecule has 1 aliphatic heterocycles. The summed E-state index contributed by atoms with van der Waals surface area (Å²) in [5, 5.41) is 0.513. The molecule has 2 N–H and O–H groups in total. The van der Waals surface area contributed by atoms with Gasteiger partial charge in [0.2, 0.25) is 5.91 Å². The largest absolute Gasteiger partial charge is 0.455 e. The Kier molecular flexibility index (Phi) is 4.59. The molecule has 0 unspecified atom stereocenters. The van der Waals surface area contributed by atoms with Gasteiger partial charge in [0, 0.05) is 13.6 Å². The molecule has 1 fully saturated rings. The maximum Gasteiger partial charge on any atom is 0.289 e. The molecule has 0 bridgehead atoms. The molecule has 0 aliphatic carbocycles. The van der Waals surface area contributed by atoms with E-state index in [9.17, 15) is 9.59 Å². The van der Waals surface area contributed by atoms with Crippen molar-refractivity contribution in [2.45, 2.75) is 19.0 Å². The molecule has 0 spiro atoms. The number of carbonyl (C=O) groups is 2. The second-order valence-corrected chi connectivity index (χ2v) is 6.04. The van der Waals surface area contributed by atoms with Gasteiger partial charge in [-0.05, 0) is 30.7 Å². The van der Waals surface area contributed by atoms with Crippen LogP contribution in [0.2, 0.25) is 5.02 Å². The van der Waals surface area contributed by atoms with Crippen LogP contribution in [0.15, 0.2) is 40.8 Å². The first kappa shape index (κ1) is 16.5. The van der Waals surface area contributed by atoms with Gasteiger partial charge in [0.05, 0.1) is 17.3 Å². The molecule has 6 nitrogen and oxygen atoms in total. The Morgan fingerprint density at radius 3 is 2.79 bits per heavy atom. The number of anilines is 1. The number of benzene rings is 1. The third kappa shape index (κ3) is 2.90. The number of para-hydroxylation sites is 1. The zero-order valence-electron chi connectivity index (χ0n) is 13.2. The van der Waals surface area contributed by atoms with Crippen molar-refractivity contribution in [3.8, 4) is 0 Å². The van der Waals surface area contributed by atoms with Crippen molar-refractivity contribution < 1.29 is 14.0 Å². The highest BCUT2D eigenvalue weighted by Crippen LogP contribution is 2.30. The number of furan rings is 1. The molecule has 126 valence electrons. The second kappa shape index (κ2) is 6.67. The fourth-order valence-electron chi connectivity index (χ4n) is 2.85. The van der Waals surface area contributed by atoms with E-state index in [1.54, 1.807) is 36.2 Å². The molecule has 7 heteroatoms. The normalized spacial score (nSPS) is 17.4. The van der Waals surface area contributed by atoms with Crippen molar-refractivity contribution in [3.05, 3.63) is 52.9 Å². The summed E-state index contributed by atoms with van der Waals surface area (Å²) in [6.07, 6.45) is 0.538. The van der Waals surface area contributed by atoms with Gasteiger partial charge in [-0.1, -0.05) is 23.7 Å². The molecule has 1 aromatic heterocycles. The topological polar surface area (TPSA) is 79.8 Å². The summed E-state index contributed by atoms with van der Waals surface area (Å²) in [4.78, 5) is 28.3. The van der Waals surface area contributed by atoms with Crippen LogP contribution in [0.1, 0.15) is 22.7 Å². The Balaban J connectivity index is 1.77. The van der Waals surface area contributed by atoms with E-state index in [1.165, 1.54) is 4.90 Å². The highest BCUT2D eigenvalue weighted by Gasteiger charge is 2.38. The van der Waals surface area contributed by atoms with Crippen LogP contribution in [0.5, 0.6) is 0 Å². The van der Waals surface area contributed by atoms with Crippen LogP contribution < -0.4 is 10.6 Å². The van der Waals surface area contributed by atoms with E-state index < -0.39 is 6.04 Å². The SMILES string of the molecule is CN(C(=O)c1ccc(CN)o1)[C@H]1CCN(c2ccccc2Cl)C1=O. The lowest BCUT2D eigenvalue weighted by Gasteiger charge is -2.23. The molecule has 1 aliphatic rings. The minimum Gasteiger partial charge on any atom is -0.455 e. The predicted molar refractivity (Wildman–Crippen MR) is 90.9 cm³/mol. The average Bonchev–Trinajstić information content (AvgIpc) is 3.21. The number of rotatable bonds is 4. The second-order valence-electron chi connectivity index (χ2n) is 5.63. The molecule has 24 heavy (non-hydrogen) atoms. The van der Waals surface area contributed by atoms with Gasteiger partial charge in [-0.2, -0.15) is 0 Å². The van der Waals surface area contributed by atoms with E-state index >= 15 is 0 Å². The standard InChI is InChI=1S/C17H18ClN3O3/c1-20(17(23)15-7-6-11(10-19)24-15)14-8-9-21(16(14)22)13-5-3-2-4-12(13)18/h2-7,14H,8-10,19H2,1H3/t14-/m0/s1. The van der Waals surface area contributed by atoms with Crippen LogP contribution in [0.25, 0.3) is 0 Å². The van der Waals surface area contributed by atoms with Crippen molar-refractivity contribution >= 4 is 29.1 Å². The number of amides is 2. The van der Waals surface area contributed by atoms with E-state index in [-0.39, 0.29) is 24.1 Å². The van der Waals surface area contributed by atoms with E-state index in [4.69, 9.17) is 21.8 Å². The minimum atomic E-state index is -0.541. The van der Waals surface area contributed by atoms with Gasteiger partial charge in [0.1, 0.15) is 11.8 Å². The van der Waals surface area contributed by atoms with Gasteiger partial charge in [-0.3, -0.25) is 9.59 Å². The van der Waals surface area contributed by atoms with Gasteiger partial charge in [-0.15, -0.1) is 0 Å². The maximum absolute atomic E-state index is 12.7. The summed E-state index contributed by atoms with van der Waals surface area (Å²) in [5.74, 6) is 0.225. The van der Waals surface area contributed by atoms with Gasteiger partial charge in [0.15, 0.2) is 5.76 Å². The predicted octanol–water partition coefficient (Wildman–Crippen LogP) is 2.27. The first-order valence-corrected chi connectivity index (χ1v) is 8.02. The lowest BCUT2D eigenvalue weighted by molar-refractivity contribution is -0.120. The Hall–Kier alpha value is -2.31. The summed E-state index contributed by atoms with van der Waals surface area (Å²) in [5.41, 5.74) is 6.15. The molecule has 3 rings (SSSR count). The first-order chi connectivity index (χ1) is 11.5. The van der Waals surface area contributed by atoms with Crippen LogP contribution in [-0.2, 0) is 11.3 Å². The summed E-state index contributed by atoms with van der Waals surface area (Å²) in [6.45, 7) is 0.733. The highest BCUT2D eigenvalue weighted by atomic mass is 35.5. The Labute approximate surface area is 144 Å². The summed E-state index contributed by atoms with van der Waals surface area (Å²) in [7, 11) is 1.60. The van der Waals surface area contributed by atoms with Crippen molar-refractivity contribution in [2.24, 2.45) is 5.73 Å². The number of likely N-dealkylation sites (N-methyl/N-ethyl adjacent to an activating group) is 1. The Morgan fingerprint density at radius 2 is 2.12 bits per heavy atom. The number of carbonyl (C=O) groups excluding carboxylic acids is 2. The Morgan fingerprint density at radius 1 is 1.38 bits per heavy atom. The van der Waals surface area contributed by atoms with Crippen molar-refractivity contribution in [1.82, 2.24) is 4.90 Å². The van der Waals surface area contributed by atoms with Crippen LogP contribution in [-0.4, -0.2) is 36.3 Å². The lowest BCUT2D eigenvalue weighted by Crippen LogP contribution is -2.42. The number of halogens is 1. The molecule has 0 saturated carbocycles. The summed E-state index contributed by atoms with van der Waals surface area (Å²) in [6, 6.07) is 9.87. The van der Waals surface area contributed by atoms with E-state index in [1.807, 2.05) is 12.1 Å². The summed E-state index contributed by atoms with van der Waals surface area (Å²) < 4.78 is 5.38. The molecule has 1 saturated heterocycles. The minimum absolute atomic E-state index is 0.149. The molecule has 2 amide bonds. The number of nitrogens with two attached hydrogens (primary N) is 1. The summed E-state index contributed by atoms with van der Waals surface area (Å²) >= 11 is 6.17. The fraction of sp³-hybridized carbons (Fsp3) is 0.294. The molecule has 1 atom stereocenters. The Bertz CT molecular complexity index is 774. The van der Waals surface area contributed by atoms with Gasteiger partial charge < -0.3 is 20.0 Å². The van der Waals surface area contributed by atoms with Gasteiger partial charge in [0.25, 0.3) is 5.91 Å². The molecular weight excluding hydrogens is 330 g/mol. The van der Waals surface area contributed by atoms with Crippen LogP contribution in [0.3, 0.4) is 0 Å². The third-order valence-corrected chi connectivity index (χ3v) is 4.50. The lowest BCUT2D eigenvalue weighted by atomic mass is 10.2. The van der Waals surface area contributed by atoms with E-state index in [0.717, 1.165) is 0 Å². The third-order valence-electron chi connectivity index (χ3n) is 4.18. The van der Waals surface area contributed by atoms with Crippen molar-refractivity contribution in [1.29, 1.82) is 0 Å². The van der Waals surface area contributed by atoms with Crippen molar-refractivity contribution in [2.75, 3.05) is 18.5 Å². The molecule has 0 radical (unpaired) electrons. The number of nitrogens with zero attached hydrogens (tertiary/aromatic N) is 2. The molecule has 1 aromatic carbocycles. The average molecular weight is 348 g/mol. The highest BCUT2D eigenvalue weighted by molar-refractivity contribution is 6.34. The monoisotopic (exact) mass is 347 g/mol. The van der Waals surface area contributed by atoms with Gasteiger partial charge >= 0.3 is 0 Å². The van der Waals surface area contributed by atoms with Crippen molar-refractivity contribution in [3.63, 3.8) is 0 Å². The molecule has 2 aromatic rings. The van der Waals surface area contributed by atoms with Gasteiger partial charge in [-0.25, -0.2) is 0 Å². The smallest absolute Gasteiger partial charge is 0.289 e. The zero-order chi connectivity index (χ0) is 17.3. The first-order valence-electron chi connectivity index (χ1n) is 7.64. The maximum atomic E-state index is 12.7. The fourth-order valence-corrected chi connectivity index (χ4v) is 3.09. The van der Waals surface area contributed by atoms with E-state index in [0.29, 0.717) is 29.4 Å². The van der Waals surface area contributed by atoms with Crippen LogP contribution in [0, 0.1) is 0 Å². The molecule has 2 heterocycles. The quantitative estimate of drug-likeness (QED) is 0.920. The zero-order valence-corrected chi connectivity index (χ0v) is 14.0. The number of hydrogen-bond donors (Lipinski definition) is 1.